The summed E-state index contributed by atoms with van der Waals surface area (Å²) in [6, 6.07) is -0.0903. The second-order valence-corrected chi connectivity index (χ2v) is 5.80. The van der Waals surface area contributed by atoms with Crippen LogP contribution in [0.2, 0.25) is 0 Å². The molecule has 0 saturated carbocycles. The van der Waals surface area contributed by atoms with Gasteiger partial charge in [-0.25, -0.2) is 4.79 Å². The van der Waals surface area contributed by atoms with Gasteiger partial charge in [0.25, 0.3) is 0 Å². The van der Waals surface area contributed by atoms with Gasteiger partial charge in [0.05, 0.1) is 11.5 Å². The molecule has 0 aromatic carbocycles. The summed E-state index contributed by atoms with van der Waals surface area (Å²) in [5.41, 5.74) is -1.19. The van der Waals surface area contributed by atoms with Gasteiger partial charge in [-0.1, -0.05) is 19.8 Å². The lowest BCUT2D eigenvalue weighted by molar-refractivity contribution is -0.156. The molecule has 1 aliphatic heterocycles. The molecule has 0 aromatic heterocycles. The van der Waals surface area contributed by atoms with Crippen LogP contribution in [-0.2, 0) is 4.79 Å². The van der Waals surface area contributed by atoms with Crippen LogP contribution in [0, 0.1) is 5.92 Å². The molecule has 20 heavy (non-hydrogen) atoms. The van der Waals surface area contributed by atoms with Crippen LogP contribution in [0.4, 0.5) is 4.79 Å². The number of rotatable bonds is 5. The van der Waals surface area contributed by atoms with Gasteiger partial charge in [-0.2, -0.15) is 0 Å². The number of piperidine rings is 1. The van der Waals surface area contributed by atoms with Gasteiger partial charge < -0.3 is 20.0 Å². The highest BCUT2D eigenvalue weighted by Gasteiger charge is 2.44. The Morgan fingerprint density at radius 2 is 1.85 bits per heavy atom. The maximum Gasteiger partial charge on any atom is 0.319 e. The van der Waals surface area contributed by atoms with Gasteiger partial charge in [0, 0.05) is 27.2 Å². The molecule has 1 fully saturated rings. The van der Waals surface area contributed by atoms with Gasteiger partial charge >= 0.3 is 12.0 Å². The van der Waals surface area contributed by atoms with E-state index in [9.17, 15) is 19.8 Å². The van der Waals surface area contributed by atoms with Crippen molar-refractivity contribution in [3.05, 3.63) is 0 Å². The molecule has 116 valence electrons. The maximum absolute atomic E-state index is 11.8. The van der Waals surface area contributed by atoms with Crippen molar-refractivity contribution in [2.45, 2.75) is 44.6 Å². The van der Waals surface area contributed by atoms with Gasteiger partial charge in [-0.15, -0.1) is 0 Å². The molecule has 1 rings (SSSR count). The first-order valence-electron chi connectivity index (χ1n) is 7.23. The number of carbonyl (C=O) groups is 2. The highest BCUT2D eigenvalue weighted by molar-refractivity contribution is 5.74. The van der Waals surface area contributed by atoms with Gasteiger partial charge in [-0.05, 0) is 19.3 Å². The summed E-state index contributed by atoms with van der Waals surface area (Å²) in [6.07, 6.45) is 2.84. The average molecular weight is 286 g/mol. The monoisotopic (exact) mass is 286 g/mol. The van der Waals surface area contributed by atoms with E-state index < -0.39 is 17.5 Å². The zero-order valence-electron chi connectivity index (χ0n) is 12.6. The second kappa shape index (κ2) is 6.92. The van der Waals surface area contributed by atoms with E-state index in [1.54, 1.807) is 19.0 Å². The van der Waals surface area contributed by atoms with Crippen LogP contribution in [-0.4, -0.2) is 64.8 Å². The third-order valence-corrected chi connectivity index (χ3v) is 4.08. The molecule has 0 radical (unpaired) electrons. The van der Waals surface area contributed by atoms with Crippen LogP contribution in [0.15, 0.2) is 0 Å². The number of aliphatic hydroxyl groups is 1. The largest absolute Gasteiger partial charge is 0.481 e. The minimum absolute atomic E-state index is 0.0903. The van der Waals surface area contributed by atoms with Crippen LogP contribution in [0.25, 0.3) is 0 Å². The Labute approximate surface area is 120 Å². The molecule has 6 heteroatoms. The Bertz CT molecular complexity index is 349. The van der Waals surface area contributed by atoms with Crippen molar-refractivity contribution in [2.24, 2.45) is 5.92 Å². The number of hydrogen-bond donors (Lipinski definition) is 2. The summed E-state index contributed by atoms with van der Waals surface area (Å²) < 4.78 is 0. The molecule has 1 atom stereocenters. The number of unbranched alkanes of at least 4 members (excludes halogenated alkanes) is 1. The lowest BCUT2D eigenvalue weighted by atomic mass is 9.77. The number of hydrogen-bond acceptors (Lipinski definition) is 3. The fraction of sp³-hybridized carbons (Fsp3) is 0.857. The van der Waals surface area contributed by atoms with Crippen LogP contribution >= 0.6 is 0 Å². The zero-order chi connectivity index (χ0) is 15.3. The molecule has 1 saturated heterocycles. The number of likely N-dealkylation sites (tertiary alicyclic amines) is 1. The van der Waals surface area contributed by atoms with Crippen molar-refractivity contribution < 1.29 is 19.8 Å². The van der Waals surface area contributed by atoms with Gasteiger partial charge in [0.2, 0.25) is 0 Å². The predicted molar refractivity (Wildman–Crippen MR) is 75.5 cm³/mol. The third kappa shape index (κ3) is 3.85. The van der Waals surface area contributed by atoms with Crippen molar-refractivity contribution in [3.8, 4) is 0 Å². The first-order chi connectivity index (χ1) is 9.31. The van der Waals surface area contributed by atoms with Crippen molar-refractivity contribution in [3.63, 3.8) is 0 Å². The summed E-state index contributed by atoms with van der Waals surface area (Å²) in [5, 5.41) is 20.0. The van der Waals surface area contributed by atoms with E-state index in [4.69, 9.17) is 0 Å². The third-order valence-electron chi connectivity index (χ3n) is 4.08. The summed E-state index contributed by atoms with van der Waals surface area (Å²) in [4.78, 5) is 26.4. The van der Waals surface area contributed by atoms with Crippen molar-refractivity contribution in [1.82, 2.24) is 9.80 Å². The fourth-order valence-corrected chi connectivity index (χ4v) is 2.75. The average Bonchev–Trinajstić information content (AvgIpc) is 2.38. The number of carboxylic acids is 1. The predicted octanol–water partition coefficient (Wildman–Crippen LogP) is 1.39. The summed E-state index contributed by atoms with van der Waals surface area (Å²) in [6.45, 7) is 2.81. The lowest BCUT2D eigenvalue weighted by Crippen LogP contribution is -2.53. The number of urea groups is 1. The Morgan fingerprint density at radius 1 is 1.30 bits per heavy atom. The van der Waals surface area contributed by atoms with Gasteiger partial charge in [-0.3, -0.25) is 4.79 Å². The normalized spacial score (nSPS) is 19.5. The Kier molecular flexibility index (Phi) is 5.80. The molecule has 0 aliphatic carbocycles. The molecule has 1 unspecified atom stereocenters. The number of nitrogens with zero attached hydrogens (tertiary/aromatic N) is 2. The molecule has 0 spiro atoms. The van der Waals surface area contributed by atoms with Crippen molar-refractivity contribution in [1.29, 1.82) is 0 Å². The molecule has 1 heterocycles. The van der Waals surface area contributed by atoms with Crippen LogP contribution in [0.5, 0.6) is 0 Å². The van der Waals surface area contributed by atoms with Crippen molar-refractivity contribution in [2.75, 3.05) is 27.2 Å². The van der Waals surface area contributed by atoms with Gasteiger partial charge in [0.1, 0.15) is 0 Å². The van der Waals surface area contributed by atoms with E-state index in [-0.39, 0.29) is 6.03 Å². The molecular weight excluding hydrogens is 260 g/mol. The van der Waals surface area contributed by atoms with E-state index in [0.29, 0.717) is 32.4 Å². The van der Waals surface area contributed by atoms with E-state index in [0.717, 1.165) is 12.8 Å². The molecular formula is C14H26N2O4. The number of carbonyl (C=O) groups excluding carboxylic acids is 1. The van der Waals surface area contributed by atoms with Crippen LogP contribution in [0.1, 0.15) is 39.0 Å². The molecule has 0 aromatic rings. The number of aliphatic carboxylic acids is 1. The van der Waals surface area contributed by atoms with E-state index in [2.05, 4.69) is 0 Å². The zero-order valence-corrected chi connectivity index (χ0v) is 12.6. The topological polar surface area (TPSA) is 81.1 Å². The smallest absolute Gasteiger partial charge is 0.319 e. The molecule has 2 N–H and O–H groups in total. The molecule has 1 aliphatic rings. The highest BCUT2D eigenvalue weighted by Crippen LogP contribution is 2.33. The minimum Gasteiger partial charge on any atom is -0.481 e. The maximum atomic E-state index is 11.8. The minimum atomic E-state index is -1.19. The van der Waals surface area contributed by atoms with Gasteiger partial charge in [0.15, 0.2) is 0 Å². The lowest BCUT2D eigenvalue weighted by Gasteiger charge is -2.42. The first kappa shape index (κ1) is 16.8. The van der Waals surface area contributed by atoms with E-state index in [1.165, 1.54) is 4.90 Å². The first-order valence-corrected chi connectivity index (χ1v) is 7.23. The molecule has 0 bridgehead atoms. The summed E-state index contributed by atoms with van der Waals surface area (Å²) >= 11 is 0. The fourth-order valence-electron chi connectivity index (χ4n) is 2.75. The van der Waals surface area contributed by atoms with Crippen LogP contribution < -0.4 is 0 Å². The quantitative estimate of drug-likeness (QED) is 0.800. The molecule has 6 nitrogen and oxygen atoms in total. The SMILES string of the molecule is CCCCC(C(=O)O)C1(O)CCN(C(=O)N(C)C)CC1. The van der Waals surface area contributed by atoms with E-state index in [1.807, 2.05) is 6.92 Å². The van der Waals surface area contributed by atoms with Crippen molar-refractivity contribution >= 4 is 12.0 Å². The Hall–Kier alpha value is -1.30. The Morgan fingerprint density at radius 3 is 2.25 bits per heavy atom. The summed E-state index contributed by atoms with van der Waals surface area (Å²) in [5.74, 6) is -1.67. The second-order valence-electron chi connectivity index (χ2n) is 5.80. The number of amides is 2. The highest BCUT2D eigenvalue weighted by atomic mass is 16.4. The van der Waals surface area contributed by atoms with E-state index >= 15 is 0 Å². The Balaban J connectivity index is 2.67. The summed E-state index contributed by atoms with van der Waals surface area (Å²) in [7, 11) is 3.37. The number of carboxylic acid groups (broad SMARTS) is 1. The standard InChI is InChI=1S/C14H26N2O4/c1-4-5-6-11(12(17)18)14(20)7-9-16(10-8-14)13(19)15(2)3/h11,20H,4-10H2,1-3H3,(H,17,18). The molecule has 2 amide bonds. The van der Waals surface area contributed by atoms with Crippen LogP contribution in [0.3, 0.4) is 0 Å².